The van der Waals surface area contributed by atoms with Gasteiger partial charge in [-0.2, -0.15) is 0 Å². The van der Waals surface area contributed by atoms with E-state index >= 15 is 0 Å². The van der Waals surface area contributed by atoms with Crippen molar-refractivity contribution in [3.05, 3.63) is 36.0 Å². The molecule has 1 aliphatic heterocycles. The first-order valence-electron chi connectivity index (χ1n) is 7.02. The molecule has 0 unspecified atom stereocenters. The van der Waals surface area contributed by atoms with Gasteiger partial charge in [0.05, 0.1) is 13.2 Å². The van der Waals surface area contributed by atoms with Crippen LogP contribution in [0.25, 0.3) is 10.9 Å². The van der Waals surface area contributed by atoms with E-state index in [9.17, 15) is 0 Å². The number of rotatable bonds is 3. The van der Waals surface area contributed by atoms with E-state index in [-0.39, 0.29) is 24.0 Å². The molecule has 6 heteroatoms. The van der Waals surface area contributed by atoms with Gasteiger partial charge in [0.15, 0.2) is 5.96 Å². The van der Waals surface area contributed by atoms with E-state index in [0.29, 0.717) is 12.5 Å². The third kappa shape index (κ3) is 3.88. The predicted octanol–water partition coefficient (Wildman–Crippen LogP) is 1.98. The molecule has 1 fully saturated rings. The number of aliphatic imine (C=N–C) groups is 1. The normalized spacial score (nSPS) is 16.0. The van der Waals surface area contributed by atoms with Crippen molar-refractivity contribution in [2.24, 2.45) is 10.7 Å². The van der Waals surface area contributed by atoms with Crippen molar-refractivity contribution in [2.75, 3.05) is 32.8 Å². The lowest BCUT2D eigenvalue weighted by Gasteiger charge is -2.27. The second-order valence-electron chi connectivity index (χ2n) is 4.95. The van der Waals surface area contributed by atoms with E-state index in [4.69, 9.17) is 10.5 Å². The summed E-state index contributed by atoms with van der Waals surface area (Å²) in [6.45, 7) is 3.85. The molecule has 114 valence electrons. The minimum absolute atomic E-state index is 0. The van der Waals surface area contributed by atoms with Crippen LogP contribution in [0.4, 0.5) is 0 Å². The average Bonchev–Trinajstić information content (AvgIpc) is 2.92. The second-order valence-corrected chi connectivity index (χ2v) is 4.95. The Morgan fingerprint density at radius 2 is 2.05 bits per heavy atom. The van der Waals surface area contributed by atoms with Gasteiger partial charge in [-0.15, -0.1) is 24.0 Å². The monoisotopic (exact) mass is 400 g/mol. The van der Waals surface area contributed by atoms with Gasteiger partial charge in [-0.3, -0.25) is 4.99 Å². The highest BCUT2D eigenvalue weighted by Crippen LogP contribution is 2.17. The highest BCUT2D eigenvalue weighted by atomic mass is 127. The highest BCUT2D eigenvalue weighted by molar-refractivity contribution is 14.0. The minimum atomic E-state index is 0. The Bertz CT molecular complexity index is 604. The van der Waals surface area contributed by atoms with Crippen molar-refractivity contribution in [3.63, 3.8) is 0 Å². The number of aromatic amines is 1. The molecular weight excluding hydrogens is 379 g/mol. The highest BCUT2D eigenvalue weighted by Gasteiger charge is 2.11. The lowest BCUT2D eigenvalue weighted by molar-refractivity contribution is 0.0674. The number of hydrogen-bond donors (Lipinski definition) is 2. The number of aromatic nitrogens is 1. The number of halogens is 1. The smallest absolute Gasteiger partial charge is 0.191 e. The topological polar surface area (TPSA) is 66.6 Å². The molecule has 21 heavy (non-hydrogen) atoms. The SMILES string of the molecule is I.NC(=NCCc1c[nH]c2ccccc12)N1CCOCC1. The van der Waals surface area contributed by atoms with Crippen LogP contribution >= 0.6 is 24.0 Å². The van der Waals surface area contributed by atoms with Crippen molar-refractivity contribution in [1.29, 1.82) is 0 Å². The molecule has 0 spiro atoms. The van der Waals surface area contributed by atoms with Crippen LogP contribution in [0.15, 0.2) is 35.5 Å². The summed E-state index contributed by atoms with van der Waals surface area (Å²) in [5.41, 5.74) is 8.48. The summed E-state index contributed by atoms with van der Waals surface area (Å²) in [6.07, 6.45) is 2.96. The number of fused-ring (bicyclic) bond motifs is 1. The van der Waals surface area contributed by atoms with E-state index < -0.39 is 0 Å². The molecule has 0 amide bonds. The molecule has 1 saturated heterocycles. The Labute approximate surface area is 141 Å². The number of nitrogens with zero attached hydrogens (tertiary/aromatic N) is 2. The van der Waals surface area contributed by atoms with Gasteiger partial charge in [-0.1, -0.05) is 18.2 Å². The van der Waals surface area contributed by atoms with Crippen LogP contribution in [-0.2, 0) is 11.2 Å². The summed E-state index contributed by atoms with van der Waals surface area (Å²) >= 11 is 0. The lowest BCUT2D eigenvalue weighted by Crippen LogP contribution is -2.44. The fourth-order valence-electron chi connectivity index (χ4n) is 2.52. The number of guanidine groups is 1. The molecule has 2 heterocycles. The van der Waals surface area contributed by atoms with Crippen LogP contribution in [0.5, 0.6) is 0 Å². The molecule has 1 aliphatic rings. The zero-order valence-electron chi connectivity index (χ0n) is 11.9. The number of hydrogen-bond acceptors (Lipinski definition) is 2. The maximum Gasteiger partial charge on any atom is 0.191 e. The number of benzene rings is 1. The van der Waals surface area contributed by atoms with E-state index in [1.807, 2.05) is 6.07 Å². The molecule has 5 nitrogen and oxygen atoms in total. The standard InChI is InChI=1S/C15H20N4O.HI/c16-15(19-7-9-20-10-8-19)17-6-5-12-11-18-14-4-2-1-3-13(12)14;/h1-4,11,18H,5-10H2,(H2,16,17);1H. The molecular formula is C15H21IN4O. The van der Waals surface area contributed by atoms with Crippen LogP contribution in [0.2, 0.25) is 0 Å². The van der Waals surface area contributed by atoms with E-state index in [1.54, 1.807) is 0 Å². The van der Waals surface area contributed by atoms with Crippen molar-refractivity contribution in [3.8, 4) is 0 Å². The van der Waals surface area contributed by atoms with Gasteiger partial charge in [-0.25, -0.2) is 0 Å². The molecule has 3 rings (SSSR count). The summed E-state index contributed by atoms with van der Waals surface area (Å²) < 4.78 is 5.31. The molecule has 2 aromatic rings. The first kappa shape index (κ1) is 16.1. The van der Waals surface area contributed by atoms with Crippen LogP contribution in [0.3, 0.4) is 0 Å². The number of morpholine rings is 1. The zero-order valence-corrected chi connectivity index (χ0v) is 14.2. The Morgan fingerprint density at radius 1 is 1.29 bits per heavy atom. The van der Waals surface area contributed by atoms with Crippen LogP contribution in [-0.4, -0.2) is 48.7 Å². The summed E-state index contributed by atoms with van der Waals surface area (Å²) in [5.74, 6) is 0.633. The fourth-order valence-corrected chi connectivity index (χ4v) is 2.52. The van der Waals surface area contributed by atoms with E-state index in [0.717, 1.165) is 32.7 Å². The van der Waals surface area contributed by atoms with Crippen LogP contribution in [0, 0.1) is 0 Å². The molecule has 3 N–H and O–H groups in total. The predicted molar refractivity (Wildman–Crippen MR) is 96.3 cm³/mol. The summed E-state index contributed by atoms with van der Waals surface area (Å²) in [4.78, 5) is 9.85. The van der Waals surface area contributed by atoms with Crippen LogP contribution < -0.4 is 5.73 Å². The number of ether oxygens (including phenoxy) is 1. The Kier molecular flexibility index (Phi) is 5.86. The Hall–Kier alpha value is -1.28. The van der Waals surface area contributed by atoms with E-state index in [2.05, 4.69) is 39.3 Å². The maximum atomic E-state index is 6.01. The van der Waals surface area contributed by atoms with Gasteiger partial charge >= 0.3 is 0 Å². The number of nitrogens with one attached hydrogen (secondary N) is 1. The molecule has 0 atom stereocenters. The number of H-pyrrole nitrogens is 1. The Morgan fingerprint density at radius 3 is 2.86 bits per heavy atom. The largest absolute Gasteiger partial charge is 0.378 e. The third-order valence-electron chi connectivity index (χ3n) is 3.66. The second kappa shape index (κ2) is 7.65. The van der Waals surface area contributed by atoms with Gasteiger partial charge in [0.2, 0.25) is 0 Å². The zero-order chi connectivity index (χ0) is 13.8. The summed E-state index contributed by atoms with van der Waals surface area (Å²) in [6, 6.07) is 8.32. The first-order chi connectivity index (χ1) is 9.84. The summed E-state index contributed by atoms with van der Waals surface area (Å²) in [5, 5.41) is 1.27. The van der Waals surface area contributed by atoms with Crippen molar-refractivity contribution < 1.29 is 4.74 Å². The quantitative estimate of drug-likeness (QED) is 0.471. The van der Waals surface area contributed by atoms with Gasteiger partial charge in [0.25, 0.3) is 0 Å². The minimum Gasteiger partial charge on any atom is -0.378 e. The van der Waals surface area contributed by atoms with Crippen molar-refractivity contribution in [1.82, 2.24) is 9.88 Å². The molecule has 0 radical (unpaired) electrons. The van der Waals surface area contributed by atoms with Gasteiger partial charge in [0, 0.05) is 36.7 Å². The Balaban J connectivity index is 0.00000161. The van der Waals surface area contributed by atoms with Gasteiger partial charge in [-0.05, 0) is 18.1 Å². The molecule has 1 aromatic carbocycles. The van der Waals surface area contributed by atoms with Gasteiger partial charge in [0.1, 0.15) is 0 Å². The average molecular weight is 400 g/mol. The molecule has 0 aliphatic carbocycles. The molecule has 0 bridgehead atoms. The number of para-hydroxylation sites is 1. The lowest BCUT2D eigenvalue weighted by atomic mass is 10.1. The first-order valence-corrected chi connectivity index (χ1v) is 7.02. The van der Waals surface area contributed by atoms with Crippen LogP contribution in [0.1, 0.15) is 5.56 Å². The molecule has 0 saturated carbocycles. The fraction of sp³-hybridized carbons (Fsp3) is 0.400. The summed E-state index contributed by atoms with van der Waals surface area (Å²) in [7, 11) is 0. The maximum absolute atomic E-state index is 6.01. The van der Waals surface area contributed by atoms with E-state index in [1.165, 1.54) is 16.5 Å². The van der Waals surface area contributed by atoms with Crippen molar-refractivity contribution in [2.45, 2.75) is 6.42 Å². The third-order valence-corrected chi connectivity index (χ3v) is 3.66. The molecule has 1 aromatic heterocycles. The number of nitrogens with two attached hydrogens (primary N) is 1. The van der Waals surface area contributed by atoms with Crippen molar-refractivity contribution >= 4 is 40.8 Å². The van der Waals surface area contributed by atoms with Gasteiger partial charge < -0.3 is 20.4 Å².